The second kappa shape index (κ2) is 8.58. The van der Waals surface area contributed by atoms with Crippen LogP contribution in [0.1, 0.15) is 5.56 Å². The van der Waals surface area contributed by atoms with Crippen LogP contribution >= 0.6 is 0 Å². The van der Waals surface area contributed by atoms with E-state index in [1.165, 1.54) is 0 Å². The first-order chi connectivity index (χ1) is 14.6. The van der Waals surface area contributed by atoms with E-state index in [1.807, 2.05) is 66.7 Å². The highest BCUT2D eigenvalue weighted by atomic mass is 16.5. The number of aromatic hydroxyl groups is 2. The molecule has 30 heavy (non-hydrogen) atoms. The first-order valence-electron chi connectivity index (χ1n) is 9.73. The van der Waals surface area contributed by atoms with E-state index in [-0.39, 0.29) is 11.5 Å². The van der Waals surface area contributed by atoms with Crippen molar-refractivity contribution in [3.63, 3.8) is 0 Å². The van der Waals surface area contributed by atoms with Crippen LogP contribution in [0.5, 0.6) is 23.0 Å². The predicted octanol–water partition coefficient (Wildman–Crippen LogP) is 6.95. The van der Waals surface area contributed by atoms with E-state index < -0.39 is 0 Å². The Bertz CT molecular complexity index is 1140. The van der Waals surface area contributed by atoms with Crippen LogP contribution in [-0.2, 0) is 6.42 Å². The van der Waals surface area contributed by atoms with Crippen LogP contribution < -0.4 is 4.74 Å². The van der Waals surface area contributed by atoms with E-state index in [4.69, 9.17) is 4.74 Å². The zero-order valence-electron chi connectivity index (χ0n) is 16.5. The molecule has 0 spiro atoms. The lowest BCUT2D eigenvalue weighted by molar-refractivity contribution is 0.475. The summed E-state index contributed by atoms with van der Waals surface area (Å²) in [6.07, 6.45) is 2.55. The SMILES string of the molecule is C=CCc1cc(-c2ccc(O)cc2)ccc1Oc1ccc(-c2ccc(O)cc2)cc1. The summed E-state index contributed by atoms with van der Waals surface area (Å²) in [6.45, 7) is 3.86. The van der Waals surface area contributed by atoms with Gasteiger partial charge in [0.15, 0.2) is 0 Å². The van der Waals surface area contributed by atoms with E-state index in [1.54, 1.807) is 24.3 Å². The molecule has 0 aliphatic rings. The quantitative estimate of drug-likeness (QED) is 0.348. The number of allylic oxidation sites excluding steroid dienone is 1. The fourth-order valence-electron chi connectivity index (χ4n) is 3.32. The molecule has 2 N–H and O–H groups in total. The van der Waals surface area contributed by atoms with Crippen molar-refractivity contribution in [2.45, 2.75) is 6.42 Å². The van der Waals surface area contributed by atoms with Crippen molar-refractivity contribution in [3.8, 4) is 45.3 Å². The summed E-state index contributed by atoms with van der Waals surface area (Å²) in [5.74, 6) is 2.04. The summed E-state index contributed by atoms with van der Waals surface area (Å²) in [7, 11) is 0. The molecule has 0 radical (unpaired) electrons. The van der Waals surface area contributed by atoms with E-state index in [2.05, 4.69) is 12.6 Å². The first kappa shape index (κ1) is 19.3. The van der Waals surface area contributed by atoms with E-state index in [0.717, 1.165) is 39.3 Å². The Hall–Kier alpha value is -3.98. The molecule has 0 aromatic heterocycles. The van der Waals surface area contributed by atoms with Gasteiger partial charge < -0.3 is 14.9 Å². The molecule has 0 fully saturated rings. The van der Waals surface area contributed by atoms with Gasteiger partial charge in [0.05, 0.1) is 0 Å². The van der Waals surface area contributed by atoms with Gasteiger partial charge in [-0.2, -0.15) is 0 Å². The molecule has 0 saturated heterocycles. The van der Waals surface area contributed by atoms with Crippen molar-refractivity contribution in [3.05, 3.63) is 109 Å². The van der Waals surface area contributed by atoms with Crippen molar-refractivity contribution in [2.24, 2.45) is 0 Å². The number of phenolic OH excluding ortho intramolecular Hbond substituents is 2. The van der Waals surface area contributed by atoms with Gasteiger partial charge >= 0.3 is 0 Å². The molecule has 0 saturated carbocycles. The van der Waals surface area contributed by atoms with Gasteiger partial charge in [-0.25, -0.2) is 0 Å². The molecule has 0 aliphatic carbocycles. The summed E-state index contributed by atoms with van der Waals surface area (Å²) in [5, 5.41) is 19.0. The van der Waals surface area contributed by atoms with Gasteiger partial charge in [-0.15, -0.1) is 6.58 Å². The van der Waals surface area contributed by atoms with E-state index >= 15 is 0 Å². The summed E-state index contributed by atoms with van der Waals surface area (Å²) >= 11 is 0. The summed E-state index contributed by atoms with van der Waals surface area (Å²) in [5.41, 5.74) is 5.21. The molecule has 0 amide bonds. The van der Waals surface area contributed by atoms with Crippen LogP contribution in [0.25, 0.3) is 22.3 Å². The summed E-state index contributed by atoms with van der Waals surface area (Å²) < 4.78 is 6.15. The molecule has 3 nitrogen and oxygen atoms in total. The fraction of sp³-hybridized carbons (Fsp3) is 0.0370. The Morgan fingerprint density at radius 3 is 1.63 bits per heavy atom. The highest BCUT2D eigenvalue weighted by Crippen LogP contribution is 2.32. The molecule has 0 bridgehead atoms. The third-order valence-corrected chi connectivity index (χ3v) is 4.91. The largest absolute Gasteiger partial charge is 0.508 e. The second-order valence-corrected chi connectivity index (χ2v) is 7.04. The smallest absolute Gasteiger partial charge is 0.130 e. The minimum absolute atomic E-state index is 0.251. The number of ether oxygens (including phenoxy) is 1. The zero-order chi connectivity index (χ0) is 20.9. The number of benzene rings is 4. The lowest BCUT2D eigenvalue weighted by Gasteiger charge is -2.13. The van der Waals surface area contributed by atoms with Crippen LogP contribution in [0.2, 0.25) is 0 Å². The number of rotatable bonds is 6. The molecule has 148 valence electrons. The standard InChI is InChI=1S/C27H22O3/c1-2-3-23-18-22(21-6-13-25(29)14-7-21)10-17-27(23)30-26-15-8-20(9-16-26)19-4-11-24(28)12-5-19/h2,4-18,28-29H,1,3H2. The van der Waals surface area contributed by atoms with Gasteiger partial charge in [0.25, 0.3) is 0 Å². The highest BCUT2D eigenvalue weighted by Gasteiger charge is 2.08. The monoisotopic (exact) mass is 394 g/mol. The van der Waals surface area contributed by atoms with Crippen molar-refractivity contribution < 1.29 is 14.9 Å². The number of hydrogen-bond acceptors (Lipinski definition) is 3. The molecular weight excluding hydrogens is 372 g/mol. The van der Waals surface area contributed by atoms with Crippen molar-refractivity contribution in [1.82, 2.24) is 0 Å². The summed E-state index contributed by atoms with van der Waals surface area (Å²) in [6, 6.07) is 28.2. The van der Waals surface area contributed by atoms with Gasteiger partial charge in [-0.1, -0.05) is 48.5 Å². The Morgan fingerprint density at radius 1 is 0.633 bits per heavy atom. The molecule has 0 atom stereocenters. The van der Waals surface area contributed by atoms with Gasteiger partial charge in [0.2, 0.25) is 0 Å². The third kappa shape index (κ3) is 4.36. The first-order valence-corrected chi connectivity index (χ1v) is 9.73. The molecule has 0 heterocycles. The Morgan fingerprint density at radius 2 is 1.10 bits per heavy atom. The average molecular weight is 394 g/mol. The predicted molar refractivity (Wildman–Crippen MR) is 121 cm³/mol. The van der Waals surface area contributed by atoms with E-state index in [0.29, 0.717) is 6.42 Å². The van der Waals surface area contributed by atoms with Gasteiger partial charge in [0, 0.05) is 0 Å². The lowest BCUT2D eigenvalue weighted by Crippen LogP contribution is -1.92. The van der Waals surface area contributed by atoms with Crippen LogP contribution in [-0.4, -0.2) is 10.2 Å². The Balaban J connectivity index is 1.58. The second-order valence-electron chi connectivity index (χ2n) is 7.04. The number of phenols is 2. The zero-order valence-corrected chi connectivity index (χ0v) is 16.5. The van der Waals surface area contributed by atoms with Crippen molar-refractivity contribution in [1.29, 1.82) is 0 Å². The molecule has 3 heteroatoms. The average Bonchev–Trinajstić information content (AvgIpc) is 2.77. The molecule has 4 aromatic carbocycles. The summed E-state index contributed by atoms with van der Waals surface area (Å²) in [4.78, 5) is 0. The number of hydrogen-bond donors (Lipinski definition) is 2. The maximum absolute atomic E-state index is 9.51. The maximum Gasteiger partial charge on any atom is 0.130 e. The third-order valence-electron chi connectivity index (χ3n) is 4.91. The van der Waals surface area contributed by atoms with Crippen LogP contribution in [0.15, 0.2) is 104 Å². The lowest BCUT2D eigenvalue weighted by atomic mass is 10.0. The van der Waals surface area contributed by atoms with Crippen LogP contribution in [0.3, 0.4) is 0 Å². The Labute approximate surface area is 176 Å². The van der Waals surface area contributed by atoms with Gasteiger partial charge in [-0.05, 0) is 82.8 Å². The molecule has 0 aliphatic heterocycles. The van der Waals surface area contributed by atoms with Crippen molar-refractivity contribution >= 4 is 0 Å². The van der Waals surface area contributed by atoms with Crippen molar-refractivity contribution in [2.75, 3.05) is 0 Å². The van der Waals surface area contributed by atoms with Crippen LogP contribution in [0.4, 0.5) is 0 Å². The maximum atomic E-state index is 9.51. The topological polar surface area (TPSA) is 49.7 Å². The highest BCUT2D eigenvalue weighted by molar-refractivity contribution is 5.67. The fourth-order valence-corrected chi connectivity index (χ4v) is 3.32. The minimum atomic E-state index is 0.251. The molecule has 4 aromatic rings. The van der Waals surface area contributed by atoms with E-state index in [9.17, 15) is 10.2 Å². The van der Waals surface area contributed by atoms with Gasteiger partial charge in [0.1, 0.15) is 23.0 Å². The normalized spacial score (nSPS) is 10.5. The van der Waals surface area contributed by atoms with Gasteiger partial charge in [-0.3, -0.25) is 0 Å². The molecule has 0 unspecified atom stereocenters. The molecular formula is C27H22O3. The molecule has 4 rings (SSSR count). The Kier molecular flexibility index (Phi) is 5.53. The van der Waals surface area contributed by atoms with Crippen LogP contribution in [0, 0.1) is 0 Å². The minimum Gasteiger partial charge on any atom is -0.508 e.